The van der Waals surface area contributed by atoms with Gasteiger partial charge in [-0.25, -0.2) is 9.59 Å². The predicted octanol–water partition coefficient (Wildman–Crippen LogP) is 3.03. The molecule has 1 aromatic carbocycles. The molecule has 2 atom stereocenters. The molecule has 1 N–H and O–H groups in total. The van der Waals surface area contributed by atoms with Crippen molar-refractivity contribution in [3.63, 3.8) is 0 Å². The zero-order valence-corrected chi connectivity index (χ0v) is 14.2. The van der Waals surface area contributed by atoms with Gasteiger partial charge < -0.3 is 9.84 Å². The van der Waals surface area contributed by atoms with Gasteiger partial charge in [0, 0.05) is 13.0 Å². The quantitative estimate of drug-likeness (QED) is 0.775. The van der Waals surface area contributed by atoms with Crippen LogP contribution in [0.1, 0.15) is 45.3 Å². The molecule has 1 amide bonds. The fraction of sp³-hybridized carbons (Fsp3) is 0.500. The largest absolute Gasteiger partial charge is 0.476 e. The highest BCUT2D eigenvalue weighted by Gasteiger charge is 2.52. The van der Waals surface area contributed by atoms with Crippen LogP contribution in [0.5, 0.6) is 0 Å². The Morgan fingerprint density at radius 3 is 2.46 bits per heavy atom. The van der Waals surface area contributed by atoms with E-state index in [1.54, 1.807) is 0 Å². The molecular weight excluding hydrogens is 310 g/mol. The van der Waals surface area contributed by atoms with Crippen LogP contribution in [0.3, 0.4) is 0 Å². The second-order valence-corrected chi connectivity index (χ2v) is 6.76. The first-order valence-electron chi connectivity index (χ1n) is 8.05. The van der Waals surface area contributed by atoms with E-state index in [0.29, 0.717) is 12.3 Å². The lowest BCUT2D eigenvalue weighted by molar-refractivity contribution is -0.149. The zero-order chi connectivity index (χ0) is 17.9. The van der Waals surface area contributed by atoms with Crippen LogP contribution < -0.4 is 0 Å². The lowest BCUT2D eigenvalue weighted by Gasteiger charge is -2.37. The first-order valence-corrected chi connectivity index (χ1v) is 8.05. The van der Waals surface area contributed by atoms with Crippen molar-refractivity contribution < 1.29 is 24.2 Å². The van der Waals surface area contributed by atoms with Crippen molar-refractivity contribution >= 4 is 17.8 Å². The van der Waals surface area contributed by atoms with Crippen molar-refractivity contribution in [2.75, 3.05) is 6.54 Å². The molecule has 130 valence electrons. The number of carboxylic acids is 1. The van der Waals surface area contributed by atoms with Crippen LogP contribution in [0.4, 0.5) is 4.79 Å². The van der Waals surface area contributed by atoms with Crippen LogP contribution >= 0.6 is 0 Å². The summed E-state index contributed by atoms with van der Waals surface area (Å²) in [6.45, 7) is 6.07. The summed E-state index contributed by atoms with van der Waals surface area (Å²) in [5.41, 5.74) is 0.256. The van der Waals surface area contributed by atoms with Gasteiger partial charge in [0.25, 0.3) is 0 Å². The third-order valence-corrected chi connectivity index (χ3v) is 4.35. The first-order chi connectivity index (χ1) is 11.3. The number of ketones is 1. The van der Waals surface area contributed by atoms with Gasteiger partial charge in [-0.3, -0.25) is 9.69 Å². The molecule has 0 spiro atoms. The summed E-state index contributed by atoms with van der Waals surface area (Å²) in [6, 6.07) is 9.47. The fourth-order valence-corrected chi connectivity index (χ4v) is 3.41. The number of carbonyl (C=O) groups is 3. The van der Waals surface area contributed by atoms with E-state index in [1.807, 2.05) is 37.3 Å². The third-order valence-electron chi connectivity index (χ3n) is 4.35. The minimum atomic E-state index is -1.48. The summed E-state index contributed by atoms with van der Waals surface area (Å²) in [6.07, 6.45) is -0.502. The van der Waals surface area contributed by atoms with E-state index in [2.05, 4.69) is 13.8 Å². The van der Waals surface area contributed by atoms with Crippen molar-refractivity contribution in [3.8, 4) is 0 Å². The molecule has 2 unspecified atom stereocenters. The molecule has 24 heavy (non-hydrogen) atoms. The highest BCUT2D eigenvalue weighted by atomic mass is 16.6. The molecular formula is C18H23NO5. The van der Waals surface area contributed by atoms with Crippen LogP contribution in [0.25, 0.3) is 0 Å². The maximum atomic E-state index is 12.4. The van der Waals surface area contributed by atoms with Crippen LogP contribution in [0.2, 0.25) is 0 Å². The lowest BCUT2D eigenvalue weighted by Crippen LogP contribution is -2.47. The highest BCUT2D eigenvalue weighted by molar-refractivity contribution is 6.32. The molecule has 0 aliphatic carbocycles. The predicted molar refractivity (Wildman–Crippen MR) is 87.5 cm³/mol. The number of benzene rings is 1. The van der Waals surface area contributed by atoms with E-state index in [1.165, 1.54) is 4.90 Å². The summed E-state index contributed by atoms with van der Waals surface area (Å²) in [7, 11) is 0. The van der Waals surface area contributed by atoms with Gasteiger partial charge in [0.2, 0.25) is 5.78 Å². The molecule has 6 nitrogen and oxygen atoms in total. The molecule has 1 aliphatic heterocycles. The van der Waals surface area contributed by atoms with Crippen LogP contribution in [0.15, 0.2) is 30.3 Å². The lowest BCUT2D eigenvalue weighted by atomic mass is 9.81. The zero-order valence-electron chi connectivity index (χ0n) is 14.2. The van der Waals surface area contributed by atoms with Crippen molar-refractivity contribution in [2.45, 2.75) is 45.3 Å². The SMILES string of the molecule is CC(C)CC1(C)C(c2ccccc2)OC(=O)N1CCC(=O)C(=O)O. The molecule has 0 aromatic heterocycles. The monoisotopic (exact) mass is 333 g/mol. The van der Waals surface area contributed by atoms with E-state index in [0.717, 1.165) is 5.56 Å². The Hall–Kier alpha value is -2.37. The smallest absolute Gasteiger partial charge is 0.411 e. The summed E-state index contributed by atoms with van der Waals surface area (Å²) in [4.78, 5) is 36.0. The highest BCUT2D eigenvalue weighted by Crippen LogP contribution is 2.44. The number of cyclic esters (lactones) is 1. The minimum absolute atomic E-state index is 0.0382. The third kappa shape index (κ3) is 3.58. The molecule has 1 aromatic rings. The number of amides is 1. The average Bonchev–Trinajstić information content (AvgIpc) is 2.75. The van der Waals surface area contributed by atoms with E-state index in [9.17, 15) is 14.4 Å². The molecule has 6 heteroatoms. The summed E-state index contributed by atoms with van der Waals surface area (Å²) >= 11 is 0. The molecule has 1 aliphatic rings. The van der Waals surface area contributed by atoms with Crippen molar-refractivity contribution in [1.82, 2.24) is 4.90 Å². The number of aliphatic carboxylic acids is 1. The van der Waals surface area contributed by atoms with Crippen LogP contribution in [0, 0.1) is 5.92 Å². The maximum Gasteiger partial charge on any atom is 0.411 e. The van der Waals surface area contributed by atoms with Crippen molar-refractivity contribution in [2.24, 2.45) is 5.92 Å². The van der Waals surface area contributed by atoms with Crippen LogP contribution in [-0.2, 0) is 14.3 Å². The number of carboxylic acid groups (broad SMARTS) is 1. The Balaban J connectivity index is 2.29. The Bertz CT molecular complexity index is 628. The number of hydrogen-bond donors (Lipinski definition) is 1. The Morgan fingerprint density at radius 1 is 1.29 bits per heavy atom. The first kappa shape index (κ1) is 18.0. The summed E-state index contributed by atoms with van der Waals surface area (Å²) in [5, 5.41) is 8.74. The Labute approximate surface area is 141 Å². The Morgan fingerprint density at radius 2 is 1.92 bits per heavy atom. The molecule has 0 saturated carbocycles. The number of rotatable bonds is 7. The van der Waals surface area contributed by atoms with Crippen molar-refractivity contribution in [3.05, 3.63) is 35.9 Å². The summed E-state index contributed by atoms with van der Waals surface area (Å²) < 4.78 is 5.60. The molecule has 1 fully saturated rings. The summed E-state index contributed by atoms with van der Waals surface area (Å²) in [5.74, 6) is -2.08. The normalized spacial score (nSPS) is 23.4. The second kappa shape index (κ2) is 7.03. The number of carbonyl (C=O) groups excluding carboxylic acids is 2. The van der Waals surface area contributed by atoms with Crippen LogP contribution in [-0.4, -0.2) is 39.9 Å². The standard InChI is InChI=1S/C18H23NO5/c1-12(2)11-18(3)15(13-7-5-4-6-8-13)24-17(23)19(18)10-9-14(20)16(21)22/h4-8,12,15H,9-11H2,1-3H3,(H,21,22). The van der Waals surface area contributed by atoms with Gasteiger partial charge in [0.05, 0.1) is 5.54 Å². The maximum absolute atomic E-state index is 12.4. The van der Waals surface area contributed by atoms with Gasteiger partial charge >= 0.3 is 12.1 Å². The number of nitrogens with zero attached hydrogens (tertiary/aromatic N) is 1. The second-order valence-electron chi connectivity index (χ2n) is 6.76. The van der Waals surface area contributed by atoms with E-state index in [4.69, 9.17) is 9.84 Å². The van der Waals surface area contributed by atoms with E-state index in [-0.39, 0.29) is 13.0 Å². The fourth-order valence-electron chi connectivity index (χ4n) is 3.41. The molecule has 1 saturated heterocycles. The van der Waals surface area contributed by atoms with Gasteiger partial charge in [-0.1, -0.05) is 44.2 Å². The molecule has 0 bridgehead atoms. The number of ether oxygens (including phenoxy) is 1. The van der Waals surface area contributed by atoms with Gasteiger partial charge in [-0.2, -0.15) is 0 Å². The van der Waals surface area contributed by atoms with E-state index >= 15 is 0 Å². The van der Waals surface area contributed by atoms with Gasteiger partial charge in [-0.05, 0) is 24.8 Å². The number of Topliss-reactive ketones (excluding diaryl/α,β-unsaturated/α-hetero) is 1. The van der Waals surface area contributed by atoms with Crippen molar-refractivity contribution in [1.29, 1.82) is 0 Å². The molecule has 0 radical (unpaired) electrons. The van der Waals surface area contributed by atoms with Gasteiger partial charge in [0.15, 0.2) is 6.10 Å². The Kier molecular flexibility index (Phi) is 5.26. The van der Waals surface area contributed by atoms with E-state index < -0.39 is 29.5 Å². The molecule has 1 heterocycles. The van der Waals surface area contributed by atoms with Gasteiger partial charge in [0.1, 0.15) is 0 Å². The topological polar surface area (TPSA) is 83.9 Å². The number of hydrogen-bond acceptors (Lipinski definition) is 4. The minimum Gasteiger partial charge on any atom is -0.476 e. The van der Waals surface area contributed by atoms with Gasteiger partial charge in [-0.15, -0.1) is 0 Å². The average molecular weight is 333 g/mol. The molecule has 2 rings (SSSR count).